The first-order valence-electron chi connectivity index (χ1n) is 8.30. The number of aryl methyl sites for hydroxylation is 1. The average Bonchev–Trinajstić information content (AvgIpc) is 3.22. The van der Waals surface area contributed by atoms with Crippen molar-refractivity contribution in [3.63, 3.8) is 0 Å². The van der Waals surface area contributed by atoms with E-state index >= 15 is 0 Å². The predicted molar refractivity (Wildman–Crippen MR) is 99.7 cm³/mol. The van der Waals surface area contributed by atoms with Crippen LogP contribution in [0, 0.1) is 6.92 Å². The van der Waals surface area contributed by atoms with Gasteiger partial charge in [-0.3, -0.25) is 4.79 Å². The number of amides is 1. The minimum atomic E-state index is -0.332. The van der Waals surface area contributed by atoms with Crippen LogP contribution in [0.5, 0.6) is 0 Å². The van der Waals surface area contributed by atoms with E-state index in [4.69, 9.17) is 11.6 Å². The molecule has 3 aromatic rings. The van der Waals surface area contributed by atoms with Gasteiger partial charge in [0.25, 0.3) is 0 Å². The van der Waals surface area contributed by atoms with Crippen molar-refractivity contribution in [1.29, 1.82) is 0 Å². The van der Waals surface area contributed by atoms with Crippen LogP contribution in [-0.2, 0) is 4.79 Å². The average molecular weight is 369 g/mol. The molecule has 2 aromatic heterocycles. The molecule has 1 aromatic carbocycles. The van der Waals surface area contributed by atoms with Gasteiger partial charge in [0.2, 0.25) is 5.91 Å². The van der Waals surface area contributed by atoms with Gasteiger partial charge in [0.05, 0.1) is 5.69 Å². The van der Waals surface area contributed by atoms with Crippen LogP contribution >= 0.6 is 11.6 Å². The Bertz CT molecular complexity index is 939. The number of benzene rings is 1. The van der Waals surface area contributed by atoms with E-state index in [0.29, 0.717) is 29.6 Å². The summed E-state index contributed by atoms with van der Waals surface area (Å²) in [6.07, 6.45) is 2.52. The van der Waals surface area contributed by atoms with Gasteiger partial charge in [-0.15, -0.1) is 10.2 Å². The molecule has 0 aliphatic carbocycles. The second kappa shape index (κ2) is 6.76. The quantitative estimate of drug-likeness (QED) is 0.766. The first-order valence-corrected chi connectivity index (χ1v) is 8.68. The van der Waals surface area contributed by atoms with Crippen molar-refractivity contribution in [2.45, 2.75) is 19.4 Å². The van der Waals surface area contributed by atoms with E-state index in [1.807, 2.05) is 37.4 Å². The third-order valence-corrected chi connectivity index (χ3v) is 4.49. The van der Waals surface area contributed by atoms with E-state index in [0.717, 1.165) is 11.4 Å². The number of nitrogens with one attached hydrogen (secondary N) is 1. The molecule has 0 bridgehead atoms. The summed E-state index contributed by atoms with van der Waals surface area (Å²) >= 11 is 6.03. The fourth-order valence-electron chi connectivity index (χ4n) is 2.96. The van der Waals surface area contributed by atoms with Crippen LogP contribution in [0.15, 0.2) is 48.7 Å². The van der Waals surface area contributed by atoms with Crippen molar-refractivity contribution in [2.75, 3.05) is 16.8 Å². The number of carbonyl (C=O) groups is 1. The van der Waals surface area contributed by atoms with Crippen molar-refractivity contribution in [3.8, 4) is 5.82 Å². The normalized spacial score (nSPS) is 16.9. The van der Waals surface area contributed by atoms with Crippen LogP contribution < -0.4 is 10.2 Å². The number of hydrogen-bond donors (Lipinski definition) is 1. The van der Waals surface area contributed by atoms with E-state index in [1.165, 1.54) is 0 Å². The van der Waals surface area contributed by atoms with Crippen molar-refractivity contribution in [3.05, 3.63) is 59.4 Å². The summed E-state index contributed by atoms with van der Waals surface area (Å²) in [7, 11) is 0. The fraction of sp³-hybridized carbons (Fsp3) is 0.222. The number of carbonyl (C=O) groups excluding carboxylic acids is 1. The minimum absolute atomic E-state index is 0.000782. The zero-order valence-electron chi connectivity index (χ0n) is 14.1. The van der Waals surface area contributed by atoms with Gasteiger partial charge >= 0.3 is 0 Å². The molecule has 132 valence electrons. The molecule has 1 aliphatic heterocycles. The zero-order chi connectivity index (χ0) is 18.1. The summed E-state index contributed by atoms with van der Waals surface area (Å²) in [5, 5.41) is 16.4. The molecular weight excluding hydrogens is 352 g/mol. The standard InChI is InChI=1S/C18H17ClN6O/c1-12-7-10-25(23-12)17-6-5-16(21-22-17)20-15-8-9-24(18(15)26)14-4-2-3-13(19)11-14/h2-7,10-11,15H,8-9H2,1H3,(H,20,21). The Hall–Kier alpha value is -2.93. The number of nitrogens with zero attached hydrogens (tertiary/aromatic N) is 5. The molecule has 26 heavy (non-hydrogen) atoms. The van der Waals surface area contributed by atoms with Crippen LogP contribution in [-0.4, -0.2) is 38.5 Å². The van der Waals surface area contributed by atoms with Gasteiger partial charge in [0.1, 0.15) is 11.9 Å². The Morgan fingerprint density at radius 1 is 1.19 bits per heavy atom. The highest BCUT2D eigenvalue weighted by Crippen LogP contribution is 2.25. The number of halogens is 1. The molecular formula is C18H17ClN6O. The first kappa shape index (κ1) is 16.5. The Kier molecular flexibility index (Phi) is 4.30. The van der Waals surface area contributed by atoms with Gasteiger partial charge in [-0.1, -0.05) is 17.7 Å². The lowest BCUT2D eigenvalue weighted by atomic mass is 10.2. The highest BCUT2D eigenvalue weighted by atomic mass is 35.5. The molecule has 3 heterocycles. The van der Waals surface area contributed by atoms with E-state index in [2.05, 4.69) is 20.6 Å². The summed E-state index contributed by atoms with van der Waals surface area (Å²) in [5.74, 6) is 1.19. The van der Waals surface area contributed by atoms with Crippen LogP contribution in [0.4, 0.5) is 11.5 Å². The van der Waals surface area contributed by atoms with Crippen molar-refractivity contribution >= 4 is 29.0 Å². The van der Waals surface area contributed by atoms with E-state index in [1.54, 1.807) is 27.8 Å². The van der Waals surface area contributed by atoms with Gasteiger partial charge in [0.15, 0.2) is 5.82 Å². The lowest BCUT2D eigenvalue weighted by molar-refractivity contribution is -0.117. The molecule has 1 amide bonds. The molecule has 0 spiro atoms. The number of anilines is 2. The van der Waals surface area contributed by atoms with Gasteiger partial charge in [-0.2, -0.15) is 5.10 Å². The minimum Gasteiger partial charge on any atom is -0.357 e. The zero-order valence-corrected chi connectivity index (χ0v) is 14.9. The van der Waals surface area contributed by atoms with Gasteiger partial charge < -0.3 is 10.2 Å². The molecule has 1 atom stereocenters. The number of rotatable bonds is 4. The number of hydrogen-bond acceptors (Lipinski definition) is 5. The van der Waals surface area contributed by atoms with Crippen LogP contribution in [0.1, 0.15) is 12.1 Å². The summed E-state index contributed by atoms with van der Waals surface area (Å²) in [6, 6.07) is 12.5. The topological polar surface area (TPSA) is 75.9 Å². The Labute approximate surface area is 155 Å². The molecule has 4 rings (SSSR count). The smallest absolute Gasteiger partial charge is 0.249 e. The highest BCUT2D eigenvalue weighted by molar-refractivity contribution is 6.31. The highest BCUT2D eigenvalue weighted by Gasteiger charge is 2.32. The molecule has 7 nitrogen and oxygen atoms in total. The molecule has 1 N–H and O–H groups in total. The van der Waals surface area contributed by atoms with Crippen LogP contribution in [0.3, 0.4) is 0 Å². The van der Waals surface area contributed by atoms with Crippen LogP contribution in [0.25, 0.3) is 5.82 Å². The fourth-order valence-corrected chi connectivity index (χ4v) is 3.14. The molecule has 0 saturated carbocycles. The van der Waals surface area contributed by atoms with Gasteiger partial charge in [-0.05, 0) is 49.7 Å². The SMILES string of the molecule is Cc1ccn(-c2ccc(NC3CCN(c4cccc(Cl)c4)C3=O)nn2)n1. The van der Waals surface area contributed by atoms with Gasteiger partial charge in [-0.25, -0.2) is 4.68 Å². The molecule has 0 radical (unpaired) electrons. The van der Waals surface area contributed by atoms with Crippen LogP contribution in [0.2, 0.25) is 5.02 Å². The first-order chi connectivity index (χ1) is 12.6. The second-order valence-electron chi connectivity index (χ2n) is 6.13. The largest absolute Gasteiger partial charge is 0.357 e. The molecule has 1 fully saturated rings. The predicted octanol–water partition coefficient (Wildman–Crippen LogP) is 2.84. The molecule has 1 unspecified atom stereocenters. The van der Waals surface area contributed by atoms with E-state index in [-0.39, 0.29) is 11.9 Å². The summed E-state index contributed by atoms with van der Waals surface area (Å²) < 4.78 is 1.66. The maximum absolute atomic E-state index is 12.7. The monoisotopic (exact) mass is 368 g/mol. The Balaban J connectivity index is 1.45. The van der Waals surface area contributed by atoms with E-state index < -0.39 is 0 Å². The lowest BCUT2D eigenvalue weighted by Gasteiger charge is -2.17. The summed E-state index contributed by atoms with van der Waals surface area (Å²) in [4.78, 5) is 14.4. The van der Waals surface area contributed by atoms with Gasteiger partial charge in [0, 0.05) is 23.5 Å². The molecule has 1 saturated heterocycles. The van der Waals surface area contributed by atoms with Crippen molar-refractivity contribution in [2.24, 2.45) is 0 Å². The van der Waals surface area contributed by atoms with Crippen molar-refractivity contribution in [1.82, 2.24) is 20.0 Å². The third-order valence-electron chi connectivity index (χ3n) is 4.26. The third kappa shape index (κ3) is 3.25. The molecule has 1 aliphatic rings. The number of aromatic nitrogens is 4. The summed E-state index contributed by atoms with van der Waals surface area (Å²) in [6.45, 7) is 2.55. The molecule has 8 heteroatoms. The lowest BCUT2D eigenvalue weighted by Crippen LogP contribution is -2.33. The summed E-state index contributed by atoms with van der Waals surface area (Å²) in [5.41, 5.74) is 1.72. The van der Waals surface area contributed by atoms with E-state index in [9.17, 15) is 4.79 Å². The van der Waals surface area contributed by atoms with Crippen molar-refractivity contribution < 1.29 is 4.79 Å². The Morgan fingerprint density at radius 3 is 2.77 bits per heavy atom. The maximum atomic E-state index is 12.7. The second-order valence-corrected chi connectivity index (χ2v) is 6.57. The Morgan fingerprint density at radius 2 is 2.08 bits per heavy atom. The maximum Gasteiger partial charge on any atom is 0.249 e.